The molecule has 2 N–H and O–H groups in total. The highest BCUT2D eigenvalue weighted by Crippen LogP contribution is 2.31. The number of halogens is 4. The summed E-state index contributed by atoms with van der Waals surface area (Å²) in [5.41, 5.74) is -1.32. The van der Waals surface area contributed by atoms with Gasteiger partial charge >= 0.3 is 6.18 Å². The largest absolute Gasteiger partial charge is 0.507 e. The van der Waals surface area contributed by atoms with Crippen LogP contribution in [0, 0.1) is 11.3 Å². The van der Waals surface area contributed by atoms with Gasteiger partial charge in [-0.1, -0.05) is 17.7 Å². The SMILES string of the molecule is N#C/C(=C\c1cc(Cl)ccc1O)C(=O)Nc1cccc(C(F)(F)F)c1. The maximum Gasteiger partial charge on any atom is 0.416 e. The first-order chi connectivity index (χ1) is 11.7. The van der Waals surface area contributed by atoms with Crippen LogP contribution in [0.15, 0.2) is 48.0 Å². The molecule has 0 heterocycles. The number of nitrogens with zero attached hydrogens (tertiary/aromatic N) is 1. The average molecular weight is 367 g/mol. The first kappa shape index (κ1) is 18.4. The lowest BCUT2D eigenvalue weighted by Gasteiger charge is -2.09. The van der Waals surface area contributed by atoms with Gasteiger partial charge in [0.2, 0.25) is 0 Å². The zero-order chi connectivity index (χ0) is 18.6. The molecule has 0 aromatic heterocycles. The summed E-state index contributed by atoms with van der Waals surface area (Å²) in [5.74, 6) is -1.12. The van der Waals surface area contributed by atoms with E-state index >= 15 is 0 Å². The Bertz CT molecular complexity index is 886. The van der Waals surface area contributed by atoms with Crippen LogP contribution in [-0.2, 0) is 11.0 Å². The van der Waals surface area contributed by atoms with E-state index in [-0.39, 0.29) is 22.0 Å². The third kappa shape index (κ3) is 4.75. The number of nitriles is 1. The summed E-state index contributed by atoms with van der Waals surface area (Å²) in [5, 5.41) is 21.3. The van der Waals surface area contributed by atoms with Crippen molar-refractivity contribution >= 4 is 29.3 Å². The number of hydrogen-bond donors (Lipinski definition) is 2. The summed E-state index contributed by atoms with van der Waals surface area (Å²) >= 11 is 5.78. The van der Waals surface area contributed by atoms with Crippen molar-refractivity contribution in [2.75, 3.05) is 5.32 Å². The normalized spacial score (nSPS) is 11.7. The quantitative estimate of drug-likeness (QED) is 0.615. The van der Waals surface area contributed by atoms with Gasteiger partial charge in [0, 0.05) is 16.3 Å². The number of phenolic OH excluding ortho intramolecular Hbond substituents is 1. The van der Waals surface area contributed by atoms with E-state index in [2.05, 4.69) is 5.32 Å². The second-order valence-corrected chi connectivity index (χ2v) is 5.34. The number of phenols is 1. The van der Waals surface area contributed by atoms with Crippen molar-refractivity contribution in [3.63, 3.8) is 0 Å². The van der Waals surface area contributed by atoms with Crippen LogP contribution in [0.5, 0.6) is 5.75 Å². The lowest BCUT2D eigenvalue weighted by Crippen LogP contribution is -2.14. The van der Waals surface area contributed by atoms with Crippen LogP contribution in [0.4, 0.5) is 18.9 Å². The molecule has 8 heteroatoms. The van der Waals surface area contributed by atoms with Crippen molar-refractivity contribution < 1.29 is 23.1 Å². The molecule has 0 aliphatic heterocycles. The molecule has 0 saturated carbocycles. The summed E-state index contributed by atoms with van der Waals surface area (Å²) in [6.45, 7) is 0. The number of hydrogen-bond acceptors (Lipinski definition) is 3. The summed E-state index contributed by atoms with van der Waals surface area (Å²) in [7, 11) is 0. The fourth-order valence-electron chi connectivity index (χ4n) is 1.92. The third-order valence-electron chi connectivity index (χ3n) is 3.10. The number of nitrogens with one attached hydrogen (secondary N) is 1. The number of rotatable bonds is 3. The van der Waals surface area contributed by atoms with Crippen molar-refractivity contribution in [3.05, 3.63) is 64.2 Å². The minimum atomic E-state index is -4.55. The number of carbonyl (C=O) groups is 1. The zero-order valence-electron chi connectivity index (χ0n) is 12.4. The van der Waals surface area contributed by atoms with Gasteiger partial charge in [-0.2, -0.15) is 18.4 Å². The lowest BCUT2D eigenvalue weighted by molar-refractivity contribution is -0.137. The van der Waals surface area contributed by atoms with E-state index in [1.807, 2.05) is 0 Å². The van der Waals surface area contributed by atoms with Gasteiger partial charge in [-0.15, -0.1) is 0 Å². The maximum atomic E-state index is 12.7. The van der Waals surface area contributed by atoms with Crippen LogP contribution >= 0.6 is 11.6 Å². The maximum absolute atomic E-state index is 12.7. The molecule has 1 amide bonds. The van der Waals surface area contributed by atoms with Crippen LogP contribution < -0.4 is 5.32 Å². The zero-order valence-corrected chi connectivity index (χ0v) is 13.2. The topological polar surface area (TPSA) is 73.1 Å². The number of aromatic hydroxyl groups is 1. The molecule has 0 aliphatic carbocycles. The molecule has 0 spiro atoms. The fourth-order valence-corrected chi connectivity index (χ4v) is 2.10. The van der Waals surface area contributed by atoms with Crippen LogP contribution in [0.3, 0.4) is 0 Å². The van der Waals surface area contributed by atoms with E-state index in [0.717, 1.165) is 24.3 Å². The van der Waals surface area contributed by atoms with E-state index in [1.54, 1.807) is 6.07 Å². The Morgan fingerprint density at radius 2 is 1.96 bits per heavy atom. The molecule has 0 unspecified atom stereocenters. The van der Waals surface area contributed by atoms with Crippen molar-refractivity contribution in [2.45, 2.75) is 6.18 Å². The molecule has 0 aliphatic rings. The highest BCUT2D eigenvalue weighted by atomic mass is 35.5. The van der Waals surface area contributed by atoms with Gasteiger partial charge in [-0.3, -0.25) is 4.79 Å². The predicted octanol–water partition coefficient (Wildman–Crippen LogP) is 4.61. The monoisotopic (exact) mass is 366 g/mol. The molecule has 4 nitrogen and oxygen atoms in total. The number of benzene rings is 2. The smallest absolute Gasteiger partial charge is 0.416 e. The van der Waals surface area contributed by atoms with E-state index in [9.17, 15) is 23.1 Å². The molecule has 25 heavy (non-hydrogen) atoms. The van der Waals surface area contributed by atoms with Crippen molar-refractivity contribution in [3.8, 4) is 11.8 Å². The molecule has 2 rings (SSSR count). The second kappa shape index (κ2) is 7.28. The molecule has 0 bridgehead atoms. The molecule has 0 fully saturated rings. The highest BCUT2D eigenvalue weighted by molar-refractivity contribution is 6.30. The minimum absolute atomic E-state index is 0.115. The van der Waals surface area contributed by atoms with Crippen LogP contribution in [-0.4, -0.2) is 11.0 Å². The Morgan fingerprint density at radius 3 is 2.60 bits per heavy atom. The van der Waals surface area contributed by atoms with E-state index in [1.165, 1.54) is 24.3 Å². The van der Waals surface area contributed by atoms with Crippen LogP contribution in [0.25, 0.3) is 6.08 Å². The third-order valence-corrected chi connectivity index (χ3v) is 3.34. The van der Waals surface area contributed by atoms with E-state index in [4.69, 9.17) is 16.9 Å². The van der Waals surface area contributed by atoms with Gasteiger partial charge in [0.05, 0.1) is 5.56 Å². The van der Waals surface area contributed by atoms with Crippen molar-refractivity contribution in [1.29, 1.82) is 5.26 Å². The van der Waals surface area contributed by atoms with Gasteiger partial charge in [0.1, 0.15) is 17.4 Å². The van der Waals surface area contributed by atoms with Gasteiger partial charge in [-0.05, 0) is 42.5 Å². The summed E-state index contributed by atoms with van der Waals surface area (Å²) in [6, 6.07) is 9.69. The lowest BCUT2D eigenvalue weighted by atomic mass is 10.1. The van der Waals surface area contributed by atoms with Crippen LogP contribution in [0.2, 0.25) is 5.02 Å². The minimum Gasteiger partial charge on any atom is -0.507 e. The summed E-state index contributed by atoms with van der Waals surface area (Å²) in [6.07, 6.45) is -3.47. The Labute approximate surface area is 145 Å². The van der Waals surface area contributed by atoms with Gasteiger partial charge in [0.25, 0.3) is 5.91 Å². The average Bonchev–Trinajstić information content (AvgIpc) is 2.55. The Hall–Kier alpha value is -2.98. The van der Waals surface area contributed by atoms with Crippen LogP contribution in [0.1, 0.15) is 11.1 Å². The second-order valence-electron chi connectivity index (χ2n) is 4.91. The number of anilines is 1. The molecule has 128 valence electrons. The molecule has 0 atom stereocenters. The van der Waals surface area contributed by atoms with E-state index in [0.29, 0.717) is 0 Å². The number of amides is 1. The van der Waals surface area contributed by atoms with E-state index < -0.39 is 23.2 Å². The van der Waals surface area contributed by atoms with Gasteiger partial charge in [0.15, 0.2) is 0 Å². The number of carbonyl (C=O) groups excluding carboxylic acids is 1. The molecular formula is C17H10ClF3N2O2. The molecule has 0 radical (unpaired) electrons. The summed E-state index contributed by atoms with van der Waals surface area (Å²) < 4.78 is 38.0. The molecule has 2 aromatic rings. The number of alkyl halides is 3. The van der Waals surface area contributed by atoms with Crippen molar-refractivity contribution in [1.82, 2.24) is 0 Å². The standard InChI is InChI=1S/C17H10ClF3N2O2/c18-13-4-5-15(24)10(7-13)6-11(9-22)16(25)23-14-3-1-2-12(8-14)17(19,20)21/h1-8,24H,(H,23,25)/b11-6+. The highest BCUT2D eigenvalue weighted by Gasteiger charge is 2.30. The Kier molecular flexibility index (Phi) is 5.35. The molecular weight excluding hydrogens is 357 g/mol. The summed E-state index contributed by atoms with van der Waals surface area (Å²) in [4.78, 5) is 12.1. The van der Waals surface area contributed by atoms with Gasteiger partial charge in [-0.25, -0.2) is 0 Å². The fraction of sp³-hybridized carbons (Fsp3) is 0.0588. The van der Waals surface area contributed by atoms with Crippen molar-refractivity contribution in [2.24, 2.45) is 0 Å². The predicted molar refractivity (Wildman–Crippen MR) is 86.8 cm³/mol. The molecule has 0 saturated heterocycles. The first-order valence-corrected chi connectivity index (χ1v) is 7.17. The molecule has 2 aromatic carbocycles. The Balaban J connectivity index is 2.28. The Morgan fingerprint density at radius 1 is 1.24 bits per heavy atom. The van der Waals surface area contributed by atoms with Gasteiger partial charge < -0.3 is 10.4 Å². The first-order valence-electron chi connectivity index (χ1n) is 6.79.